The summed E-state index contributed by atoms with van der Waals surface area (Å²) >= 11 is 0. The van der Waals surface area contributed by atoms with Crippen LogP contribution in [0, 0.1) is 5.92 Å². The first-order chi connectivity index (χ1) is 8.13. The highest BCUT2D eigenvalue weighted by molar-refractivity contribution is 5.37. The molecule has 0 spiro atoms. The van der Waals surface area contributed by atoms with Gasteiger partial charge in [-0.3, -0.25) is 0 Å². The van der Waals surface area contributed by atoms with Crippen molar-refractivity contribution >= 4 is 5.82 Å². The second kappa shape index (κ2) is 7.06. The van der Waals surface area contributed by atoms with E-state index in [4.69, 9.17) is 4.74 Å². The van der Waals surface area contributed by atoms with Crippen molar-refractivity contribution < 1.29 is 9.84 Å². The lowest BCUT2D eigenvalue weighted by Crippen LogP contribution is -2.25. The molecule has 0 aliphatic heterocycles. The third kappa shape index (κ3) is 4.99. The summed E-state index contributed by atoms with van der Waals surface area (Å²) in [6.45, 7) is 7.11. The van der Waals surface area contributed by atoms with Gasteiger partial charge >= 0.3 is 0 Å². The molecule has 1 atom stereocenters. The number of anilines is 1. The van der Waals surface area contributed by atoms with Crippen molar-refractivity contribution in [3.63, 3.8) is 0 Å². The molecule has 0 bridgehead atoms. The number of rotatable bonds is 7. The largest absolute Gasteiger partial charge is 0.478 e. The van der Waals surface area contributed by atoms with Crippen molar-refractivity contribution in [1.29, 1.82) is 0 Å². The fourth-order valence-corrected chi connectivity index (χ4v) is 1.17. The van der Waals surface area contributed by atoms with Gasteiger partial charge in [-0.1, -0.05) is 20.8 Å². The zero-order valence-corrected chi connectivity index (χ0v) is 10.7. The zero-order valence-electron chi connectivity index (χ0n) is 10.7. The Morgan fingerprint density at radius 3 is 2.82 bits per heavy atom. The van der Waals surface area contributed by atoms with Crippen LogP contribution in [0.5, 0.6) is 5.88 Å². The molecule has 5 nitrogen and oxygen atoms in total. The third-order valence-electron chi connectivity index (χ3n) is 2.36. The zero-order chi connectivity index (χ0) is 12.7. The predicted molar refractivity (Wildman–Crippen MR) is 67.2 cm³/mol. The van der Waals surface area contributed by atoms with Crippen LogP contribution < -0.4 is 10.1 Å². The van der Waals surface area contributed by atoms with Crippen molar-refractivity contribution in [2.24, 2.45) is 5.92 Å². The highest BCUT2D eigenvalue weighted by Gasteiger charge is 2.09. The molecule has 1 aromatic heterocycles. The van der Waals surface area contributed by atoms with E-state index in [9.17, 15) is 5.11 Å². The maximum absolute atomic E-state index is 9.66. The topological polar surface area (TPSA) is 67.3 Å². The molecule has 0 saturated heterocycles. The number of nitrogens with one attached hydrogen (secondary N) is 1. The molecule has 1 rings (SSSR count). The first-order valence-corrected chi connectivity index (χ1v) is 6.00. The fraction of sp³-hybridized carbons (Fsp3) is 0.667. The van der Waals surface area contributed by atoms with E-state index in [1.54, 1.807) is 6.07 Å². The fourth-order valence-electron chi connectivity index (χ4n) is 1.17. The van der Waals surface area contributed by atoms with Gasteiger partial charge in [0.2, 0.25) is 5.88 Å². The van der Waals surface area contributed by atoms with Crippen molar-refractivity contribution in [2.45, 2.75) is 33.3 Å². The number of aliphatic hydroxyl groups is 1. The Balaban J connectivity index is 2.48. The van der Waals surface area contributed by atoms with Crippen LogP contribution in [0.1, 0.15) is 27.2 Å². The van der Waals surface area contributed by atoms with Gasteiger partial charge in [0, 0.05) is 12.6 Å². The van der Waals surface area contributed by atoms with Crippen molar-refractivity contribution in [2.75, 3.05) is 18.5 Å². The SMILES string of the molecule is CCCOc1cc(NCC(O)C(C)C)ncn1. The van der Waals surface area contributed by atoms with Gasteiger partial charge < -0.3 is 15.2 Å². The Morgan fingerprint density at radius 1 is 1.41 bits per heavy atom. The van der Waals surface area contributed by atoms with Gasteiger partial charge in [-0.2, -0.15) is 0 Å². The molecule has 96 valence electrons. The summed E-state index contributed by atoms with van der Waals surface area (Å²) < 4.78 is 5.40. The maximum Gasteiger partial charge on any atom is 0.218 e. The molecule has 2 N–H and O–H groups in total. The molecule has 0 amide bonds. The van der Waals surface area contributed by atoms with Crippen LogP contribution in [0.4, 0.5) is 5.82 Å². The monoisotopic (exact) mass is 239 g/mol. The Kier molecular flexibility index (Phi) is 5.69. The number of aliphatic hydroxyl groups excluding tert-OH is 1. The molecule has 5 heteroatoms. The van der Waals surface area contributed by atoms with Crippen LogP contribution in [0.2, 0.25) is 0 Å². The standard InChI is InChI=1S/C12H21N3O2/c1-4-5-17-12-6-11(14-8-15-12)13-7-10(16)9(2)3/h6,8-10,16H,4-5,7H2,1-3H3,(H,13,14,15). The van der Waals surface area contributed by atoms with E-state index < -0.39 is 0 Å². The number of ether oxygens (including phenoxy) is 1. The van der Waals surface area contributed by atoms with Crippen LogP contribution in [0.15, 0.2) is 12.4 Å². The summed E-state index contributed by atoms with van der Waals surface area (Å²) in [5, 5.41) is 12.7. The smallest absolute Gasteiger partial charge is 0.218 e. The minimum absolute atomic E-state index is 0.222. The number of nitrogens with zero attached hydrogens (tertiary/aromatic N) is 2. The van der Waals surface area contributed by atoms with E-state index in [-0.39, 0.29) is 12.0 Å². The van der Waals surface area contributed by atoms with Crippen molar-refractivity contribution in [3.05, 3.63) is 12.4 Å². The van der Waals surface area contributed by atoms with Crippen LogP contribution in [0.25, 0.3) is 0 Å². The number of aromatic nitrogens is 2. The second-order valence-electron chi connectivity index (χ2n) is 4.28. The van der Waals surface area contributed by atoms with Crippen molar-refractivity contribution in [1.82, 2.24) is 9.97 Å². The Labute approximate surface area is 102 Å². The quantitative estimate of drug-likeness (QED) is 0.758. The van der Waals surface area contributed by atoms with Crippen molar-refractivity contribution in [3.8, 4) is 5.88 Å². The van der Waals surface area contributed by atoms with Crippen LogP contribution in [-0.2, 0) is 0 Å². The molecule has 0 aliphatic rings. The molecule has 0 fully saturated rings. The number of hydrogen-bond acceptors (Lipinski definition) is 5. The van der Waals surface area contributed by atoms with E-state index in [1.807, 2.05) is 20.8 Å². The third-order valence-corrected chi connectivity index (χ3v) is 2.36. The van der Waals surface area contributed by atoms with Crippen LogP contribution in [-0.4, -0.2) is 34.3 Å². The molecular weight excluding hydrogens is 218 g/mol. The molecule has 0 saturated carbocycles. The normalized spacial score (nSPS) is 12.5. The minimum atomic E-state index is -0.384. The Morgan fingerprint density at radius 2 is 2.18 bits per heavy atom. The summed E-state index contributed by atoms with van der Waals surface area (Å²) in [7, 11) is 0. The Bertz CT molecular complexity index is 331. The summed E-state index contributed by atoms with van der Waals surface area (Å²) in [6, 6.07) is 1.74. The Hall–Kier alpha value is -1.36. The lowest BCUT2D eigenvalue weighted by Gasteiger charge is -2.15. The summed E-state index contributed by atoms with van der Waals surface area (Å²) in [6.07, 6.45) is 2.01. The average molecular weight is 239 g/mol. The molecule has 0 aromatic carbocycles. The van der Waals surface area contributed by atoms with Gasteiger partial charge in [0.1, 0.15) is 12.1 Å². The van der Waals surface area contributed by atoms with Crippen LogP contribution in [0.3, 0.4) is 0 Å². The molecule has 1 heterocycles. The molecule has 0 radical (unpaired) electrons. The molecule has 1 aromatic rings. The van der Waals surface area contributed by atoms with Gasteiger partial charge in [0.15, 0.2) is 0 Å². The molecular formula is C12H21N3O2. The lowest BCUT2D eigenvalue weighted by atomic mass is 10.1. The first kappa shape index (κ1) is 13.7. The predicted octanol–water partition coefficient (Wildman–Crippen LogP) is 1.69. The van der Waals surface area contributed by atoms with E-state index in [2.05, 4.69) is 15.3 Å². The van der Waals surface area contributed by atoms with E-state index in [0.29, 0.717) is 24.8 Å². The van der Waals surface area contributed by atoms with E-state index in [0.717, 1.165) is 6.42 Å². The van der Waals surface area contributed by atoms with Gasteiger partial charge in [-0.05, 0) is 12.3 Å². The highest BCUT2D eigenvalue weighted by atomic mass is 16.5. The van der Waals surface area contributed by atoms with Gasteiger partial charge in [-0.15, -0.1) is 0 Å². The van der Waals surface area contributed by atoms with Gasteiger partial charge in [0.05, 0.1) is 12.7 Å². The summed E-state index contributed by atoms with van der Waals surface area (Å²) in [5.41, 5.74) is 0. The molecule has 1 unspecified atom stereocenters. The molecule has 17 heavy (non-hydrogen) atoms. The lowest BCUT2D eigenvalue weighted by molar-refractivity contribution is 0.138. The van der Waals surface area contributed by atoms with E-state index >= 15 is 0 Å². The minimum Gasteiger partial charge on any atom is -0.478 e. The highest BCUT2D eigenvalue weighted by Crippen LogP contribution is 2.11. The second-order valence-corrected chi connectivity index (χ2v) is 4.28. The van der Waals surface area contributed by atoms with E-state index in [1.165, 1.54) is 6.33 Å². The first-order valence-electron chi connectivity index (χ1n) is 6.00. The number of hydrogen-bond donors (Lipinski definition) is 2. The molecule has 0 aliphatic carbocycles. The van der Waals surface area contributed by atoms with Crippen LogP contribution >= 0.6 is 0 Å². The summed E-state index contributed by atoms with van der Waals surface area (Å²) in [4.78, 5) is 8.07. The summed E-state index contributed by atoms with van der Waals surface area (Å²) in [5.74, 6) is 1.45. The maximum atomic E-state index is 9.66. The van der Waals surface area contributed by atoms with Gasteiger partial charge in [0.25, 0.3) is 0 Å². The average Bonchev–Trinajstić information content (AvgIpc) is 2.33. The van der Waals surface area contributed by atoms with Gasteiger partial charge in [-0.25, -0.2) is 9.97 Å².